The van der Waals surface area contributed by atoms with Gasteiger partial charge in [-0.05, 0) is 13.3 Å². The highest BCUT2D eigenvalue weighted by Gasteiger charge is 2.28. The highest BCUT2D eigenvalue weighted by atomic mass is 32.2. The smallest absolute Gasteiger partial charge is 0.153 e. The first-order chi connectivity index (χ1) is 7.38. The number of aromatic nitrogens is 2. The number of hydrogen-bond donors (Lipinski definition) is 1. The average Bonchev–Trinajstić information content (AvgIpc) is 2.63. The van der Waals surface area contributed by atoms with Crippen LogP contribution in [0.1, 0.15) is 32.2 Å². The van der Waals surface area contributed by atoms with Crippen LogP contribution in [0, 0.1) is 0 Å². The molecule has 0 bridgehead atoms. The molecule has 2 unspecified atom stereocenters. The van der Waals surface area contributed by atoms with Crippen LogP contribution >= 0.6 is 0 Å². The first kappa shape index (κ1) is 13.2. The normalized spacial score (nSPS) is 16.0. The van der Waals surface area contributed by atoms with Gasteiger partial charge in [-0.2, -0.15) is 0 Å². The summed E-state index contributed by atoms with van der Waals surface area (Å²) in [6.45, 7) is 4.23. The fraction of sp³-hybridized carbons (Fsp3) is 0.700. The van der Waals surface area contributed by atoms with E-state index in [1.165, 1.54) is 6.92 Å². The number of aryl methyl sites for hydroxylation is 1. The Morgan fingerprint density at radius 2 is 2.19 bits per heavy atom. The molecule has 0 fully saturated rings. The second-order valence-electron chi connectivity index (χ2n) is 3.96. The second kappa shape index (κ2) is 4.97. The number of rotatable bonds is 5. The molecule has 0 aliphatic carbocycles. The molecular formula is C10H18N2O3S. The minimum atomic E-state index is -3.26. The van der Waals surface area contributed by atoms with Gasteiger partial charge >= 0.3 is 0 Å². The summed E-state index contributed by atoms with van der Waals surface area (Å²) >= 11 is 0. The standard InChI is InChI=1S/C10H18N2O3S/c1-4-6-12-7-5-11-10(12)9(13)8(2)16(3,14)15/h5,7-9,13H,4,6H2,1-3H3. The Balaban J connectivity index is 2.96. The van der Waals surface area contributed by atoms with Crippen LogP contribution in [0.15, 0.2) is 12.4 Å². The number of aliphatic hydroxyl groups excluding tert-OH is 1. The third kappa shape index (κ3) is 2.82. The van der Waals surface area contributed by atoms with E-state index in [0.717, 1.165) is 19.2 Å². The molecule has 0 saturated carbocycles. The molecular weight excluding hydrogens is 228 g/mol. The maximum atomic E-state index is 11.3. The summed E-state index contributed by atoms with van der Waals surface area (Å²) < 4.78 is 24.5. The van der Waals surface area contributed by atoms with E-state index in [9.17, 15) is 13.5 Å². The summed E-state index contributed by atoms with van der Waals surface area (Å²) in [6, 6.07) is 0. The summed E-state index contributed by atoms with van der Waals surface area (Å²) in [5.41, 5.74) is 0. The zero-order valence-electron chi connectivity index (χ0n) is 9.79. The lowest BCUT2D eigenvalue weighted by molar-refractivity contribution is 0.161. The van der Waals surface area contributed by atoms with Gasteiger partial charge < -0.3 is 9.67 Å². The molecule has 6 heteroatoms. The van der Waals surface area contributed by atoms with Gasteiger partial charge in [0.1, 0.15) is 11.9 Å². The molecule has 0 aromatic carbocycles. The number of aliphatic hydroxyl groups is 1. The minimum absolute atomic E-state index is 0.416. The fourth-order valence-corrected chi connectivity index (χ4v) is 2.05. The maximum Gasteiger partial charge on any atom is 0.153 e. The van der Waals surface area contributed by atoms with Crippen molar-refractivity contribution in [2.45, 2.75) is 38.2 Å². The van der Waals surface area contributed by atoms with Gasteiger partial charge in [0.25, 0.3) is 0 Å². The predicted molar refractivity (Wildman–Crippen MR) is 61.8 cm³/mol. The van der Waals surface area contributed by atoms with E-state index >= 15 is 0 Å². The van der Waals surface area contributed by atoms with Crippen LogP contribution in [-0.4, -0.2) is 34.6 Å². The molecule has 0 aliphatic rings. The third-order valence-electron chi connectivity index (χ3n) is 2.60. The van der Waals surface area contributed by atoms with Crippen molar-refractivity contribution in [2.24, 2.45) is 0 Å². The van der Waals surface area contributed by atoms with Crippen molar-refractivity contribution in [1.82, 2.24) is 9.55 Å². The number of hydrogen-bond acceptors (Lipinski definition) is 4. The third-order valence-corrected chi connectivity index (χ3v) is 4.21. The molecule has 1 heterocycles. The average molecular weight is 246 g/mol. The summed E-state index contributed by atoms with van der Waals surface area (Å²) in [6.07, 6.45) is 4.27. The predicted octanol–water partition coefficient (Wildman–Crippen LogP) is 0.760. The van der Waals surface area contributed by atoms with E-state index < -0.39 is 21.2 Å². The van der Waals surface area contributed by atoms with Crippen molar-refractivity contribution < 1.29 is 13.5 Å². The molecule has 0 amide bonds. The van der Waals surface area contributed by atoms with Gasteiger partial charge in [0.2, 0.25) is 0 Å². The van der Waals surface area contributed by atoms with Gasteiger partial charge in [0.15, 0.2) is 9.84 Å². The fourth-order valence-electron chi connectivity index (χ4n) is 1.46. The van der Waals surface area contributed by atoms with Crippen molar-refractivity contribution in [3.63, 3.8) is 0 Å². The molecule has 0 aliphatic heterocycles. The van der Waals surface area contributed by atoms with Crippen molar-refractivity contribution >= 4 is 9.84 Å². The second-order valence-corrected chi connectivity index (χ2v) is 6.36. The Labute approximate surface area is 96.0 Å². The Morgan fingerprint density at radius 1 is 1.56 bits per heavy atom. The molecule has 5 nitrogen and oxygen atoms in total. The first-order valence-corrected chi connectivity index (χ1v) is 7.21. The van der Waals surface area contributed by atoms with Crippen LogP contribution in [-0.2, 0) is 16.4 Å². The minimum Gasteiger partial charge on any atom is -0.384 e. The number of imidazole rings is 1. The van der Waals surface area contributed by atoms with Gasteiger partial charge in [-0.3, -0.25) is 0 Å². The lowest BCUT2D eigenvalue weighted by Crippen LogP contribution is -2.26. The van der Waals surface area contributed by atoms with Crippen molar-refractivity contribution in [3.8, 4) is 0 Å². The zero-order valence-corrected chi connectivity index (χ0v) is 10.6. The quantitative estimate of drug-likeness (QED) is 0.832. The first-order valence-electron chi connectivity index (χ1n) is 5.26. The Morgan fingerprint density at radius 3 is 2.69 bits per heavy atom. The lowest BCUT2D eigenvalue weighted by atomic mass is 10.2. The van der Waals surface area contributed by atoms with Gasteiger partial charge in [-0.25, -0.2) is 13.4 Å². The Bertz CT molecular complexity index is 439. The molecule has 1 rings (SSSR count). The monoisotopic (exact) mass is 246 g/mol. The molecule has 92 valence electrons. The van der Waals surface area contributed by atoms with Gasteiger partial charge in [-0.1, -0.05) is 6.92 Å². The molecule has 2 atom stereocenters. The number of sulfone groups is 1. The number of nitrogens with zero attached hydrogens (tertiary/aromatic N) is 2. The van der Waals surface area contributed by atoms with E-state index in [1.807, 2.05) is 6.92 Å². The molecule has 1 aromatic heterocycles. The van der Waals surface area contributed by atoms with Gasteiger partial charge in [0, 0.05) is 25.2 Å². The van der Waals surface area contributed by atoms with Gasteiger partial charge in [0.05, 0.1) is 5.25 Å². The van der Waals surface area contributed by atoms with E-state index in [-0.39, 0.29) is 0 Å². The summed E-state index contributed by atoms with van der Waals surface area (Å²) in [7, 11) is -3.26. The van der Waals surface area contributed by atoms with Crippen LogP contribution in [0.25, 0.3) is 0 Å². The highest BCUT2D eigenvalue weighted by Crippen LogP contribution is 2.20. The van der Waals surface area contributed by atoms with E-state index in [1.54, 1.807) is 17.0 Å². The topological polar surface area (TPSA) is 72.2 Å². The van der Waals surface area contributed by atoms with Crippen LogP contribution < -0.4 is 0 Å². The molecule has 1 N–H and O–H groups in total. The van der Waals surface area contributed by atoms with Crippen molar-refractivity contribution in [2.75, 3.05) is 6.26 Å². The molecule has 0 saturated heterocycles. The van der Waals surface area contributed by atoms with Crippen molar-refractivity contribution in [1.29, 1.82) is 0 Å². The Kier molecular flexibility index (Phi) is 4.09. The van der Waals surface area contributed by atoms with Crippen LogP contribution in [0.2, 0.25) is 0 Å². The molecule has 1 aromatic rings. The van der Waals surface area contributed by atoms with E-state index in [2.05, 4.69) is 4.98 Å². The molecule has 0 radical (unpaired) electrons. The van der Waals surface area contributed by atoms with Crippen LogP contribution in [0.4, 0.5) is 0 Å². The Hall–Kier alpha value is -0.880. The molecule has 0 spiro atoms. The van der Waals surface area contributed by atoms with Gasteiger partial charge in [-0.15, -0.1) is 0 Å². The lowest BCUT2D eigenvalue weighted by Gasteiger charge is -2.17. The maximum absolute atomic E-state index is 11.3. The molecule has 16 heavy (non-hydrogen) atoms. The summed E-state index contributed by atoms with van der Waals surface area (Å²) in [5.74, 6) is 0.416. The van der Waals surface area contributed by atoms with Crippen LogP contribution in [0.3, 0.4) is 0 Å². The largest absolute Gasteiger partial charge is 0.384 e. The van der Waals surface area contributed by atoms with E-state index in [4.69, 9.17) is 0 Å². The zero-order chi connectivity index (χ0) is 12.3. The summed E-state index contributed by atoms with van der Waals surface area (Å²) in [5, 5.41) is 9.12. The van der Waals surface area contributed by atoms with E-state index in [0.29, 0.717) is 5.82 Å². The highest BCUT2D eigenvalue weighted by molar-refractivity contribution is 7.91. The SMILES string of the molecule is CCCn1ccnc1C(O)C(C)S(C)(=O)=O. The van der Waals surface area contributed by atoms with Crippen molar-refractivity contribution in [3.05, 3.63) is 18.2 Å². The summed E-state index contributed by atoms with van der Waals surface area (Å²) in [4.78, 5) is 4.02. The van der Waals surface area contributed by atoms with Crippen LogP contribution in [0.5, 0.6) is 0 Å².